The maximum atomic E-state index is 12.9. The van der Waals surface area contributed by atoms with E-state index in [0.29, 0.717) is 12.0 Å². The molecule has 29 heavy (non-hydrogen) atoms. The summed E-state index contributed by atoms with van der Waals surface area (Å²) in [5, 5.41) is 1.27. The second-order valence-electron chi connectivity index (χ2n) is 7.08. The molecule has 0 amide bonds. The van der Waals surface area contributed by atoms with Gasteiger partial charge in [-0.2, -0.15) is 0 Å². The lowest BCUT2D eigenvalue weighted by Gasteiger charge is -2.36. The number of halogens is 3. The highest BCUT2D eigenvalue weighted by molar-refractivity contribution is 5.96. The Hall–Kier alpha value is -2.08. The van der Waals surface area contributed by atoms with Gasteiger partial charge in [-0.3, -0.25) is 9.69 Å². The first-order valence-electron chi connectivity index (χ1n) is 9.53. The number of Topliss-reactive ketones (excluding diaryl/α,β-unsaturated/α-hetero) is 1. The Morgan fingerprint density at radius 2 is 1.69 bits per heavy atom. The van der Waals surface area contributed by atoms with Crippen molar-refractivity contribution < 1.29 is 9.18 Å². The molecule has 1 saturated heterocycles. The largest absolute Gasteiger partial charge is 0.368 e. The third-order valence-electron chi connectivity index (χ3n) is 5.33. The Kier molecular flexibility index (Phi) is 8.50. The highest BCUT2D eigenvalue weighted by Crippen LogP contribution is 2.27. The fourth-order valence-electron chi connectivity index (χ4n) is 3.80. The summed E-state index contributed by atoms with van der Waals surface area (Å²) in [6, 6.07) is 14.4. The van der Waals surface area contributed by atoms with E-state index in [1.165, 1.54) is 28.7 Å². The molecule has 0 saturated carbocycles. The molecule has 1 aliphatic rings. The van der Waals surface area contributed by atoms with Gasteiger partial charge in [-0.15, -0.1) is 24.8 Å². The zero-order valence-corrected chi connectivity index (χ0v) is 17.8. The molecule has 0 atom stereocenters. The number of aromatic amines is 1. The van der Waals surface area contributed by atoms with E-state index >= 15 is 0 Å². The van der Waals surface area contributed by atoms with Crippen LogP contribution in [-0.4, -0.2) is 48.4 Å². The monoisotopic (exact) mass is 437 g/mol. The number of benzene rings is 2. The second-order valence-corrected chi connectivity index (χ2v) is 7.08. The molecule has 0 unspecified atom stereocenters. The molecule has 2 aromatic carbocycles. The summed E-state index contributed by atoms with van der Waals surface area (Å²) < 4.78 is 12.9. The maximum absolute atomic E-state index is 12.9. The quantitative estimate of drug-likeness (QED) is 0.555. The van der Waals surface area contributed by atoms with Crippen LogP contribution in [0.1, 0.15) is 23.2 Å². The van der Waals surface area contributed by atoms with Gasteiger partial charge in [-0.1, -0.05) is 6.07 Å². The Morgan fingerprint density at radius 1 is 0.966 bits per heavy atom. The lowest BCUT2D eigenvalue weighted by molar-refractivity contribution is 0.0974. The zero-order valence-electron chi connectivity index (χ0n) is 16.1. The van der Waals surface area contributed by atoms with Crippen molar-refractivity contribution in [2.45, 2.75) is 12.8 Å². The lowest BCUT2D eigenvalue weighted by atomic mass is 10.1. The van der Waals surface area contributed by atoms with Crippen LogP contribution in [0.5, 0.6) is 0 Å². The summed E-state index contributed by atoms with van der Waals surface area (Å²) in [7, 11) is 0. The first-order chi connectivity index (χ1) is 13.2. The molecule has 1 aromatic heterocycles. The number of carbonyl (C=O) groups is 1. The normalized spacial score (nSPS) is 14.3. The molecule has 1 aliphatic heterocycles. The number of ketones is 1. The molecular formula is C22H26Cl2FN3O. The van der Waals surface area contributed by atoms with Gasteiger partial charge in [0, 0.05) is 61.0 Å². The molecule has 1 N–H and O–H groups in total. The van der Waals surface area contributed by atoms with Crippen molar-refractivity contribution in [2.75, 3.05) is 37.6 Å². The molecule has 7 heteroatoms. The van der Waals surface area contributed by atoms with Gasteiger partial charge in [0.1, 0.15) is 5.82 Å². The van der Waals surface area contributed by atoms with Crippen molar-refractivity contribution in [1.29, 1.82) is 0 Å². The van der Waals surface area contributed by atoms with E-state index in [2.05, 4.69) is 39.0 Å². The first kappa shape index (κ1) is 23.2. The number of anilines is 1. The topological polar surface area (TPSA) is 39.3 Å². The second kappa shape index (κ2) is 10.6. The molecule has 4 rings (SSSR count). The number of nitrogens with zero attached hydrogens (tertiary/aromatic N) is 2. The van der Waals surface area contributed by atoms with Crippen LogP contribution in [0, 0.1) is 5.82 Å². The van der Waals surface area contributed by atoms with Crippen molar-refractivity contribution in [3.8, 4) is 0 Å². The molecule has 0 bridgehead atoms. The molecule has 0 aliphatic carbocycles. The number of aromatic nitrogens is 1. The molecule has 0 radical (unpaired) electrons. The van der Waals surface area contributed by atoms with Crippen LogP contribution >= 0.6 is 24.8 Å². The van der Waals surface area contributed by atoms with Gasteiger partial charge >= 0.3 is 0 Å². The van der Waals surface area contributed by atoms with Gasteiger partial charge in [-0.25, -0.2) is 4.39 Å². The van der Waals surface area contributed by atoms with Crippen LogP contribution in [0.15, 0.2) is 54.7 Å². The molecule has 1 fully saturated rings. The van der Waals surface area contributed by atoms with Crippen LogP contribution in [0.2, 0.25) is 0 Å². The van der Waals surface area contributed by atoms with Gasteiger partial charge in [0.15, 0.2) is 5.78 Å². The number of hydrogen-bond acceptors (Lipinski definition) is 3. The predicted molar refractivity (Wildman–Crippen MR) is 121 cm³/mol. The highest BCUT2D eigenvalue weighted by Gasteiger charge is 2.19. The average molecular weight is 438 g/mol. The molecular weight excluding hydrogens is 412 g/mol. The third kappa shape index (κ3) is 5.50. The minimum atomic E-state index is -0.306. The van der Waals surface area contributed by atoms with Gasteiger partial charge in [0.25, 0.3) is 0 Å². The predicted octanol–water partition coefficient (Wildman–Crippen LogP) is 4.94. The third-order valence-corrected chi connectivity index (χ3v) is 5.33. The van der Waals surface area contributed by atoms with Crippen molar-refractivity contribution in [2.24, 2.45) is 0 Å². The smallest absolute Gasteiger partial charge is 0.162 e. The standard InChI is InChI=1S/C22H24FN3O.2ClH/c23-18-8-6-17(7-9-18)22(27)5-2-12-25-13-15-26(16-14-25)21-4-1-3-20-19(21)10-11-24-20;;/h1,3-4,6-11,24H,2,5,12-16H2;2*1H. The van der Waals surface area contributed by atoms with E-state index in [-0.39, 0.29) is 36.4 Å². The van der Waals surface area contributed by atoms with E-state index < -0.39 is 0 Å². The Bertz CT molecular complexity index is 921. The van der Waals surface area contributed by atoms with Crippen molar-refractivity contribution in [1.82, 2.24) is 9.88 Å². The lowest BCUT2D eigenvalue weighted by Crippen LogP contribution is -2.46. The van der Waals surface area contributed by atoms with Crippen LogP contribution in [0.25, 0.3) is 10.9 Å². The fraction of sp³-hybridized carbons (Fsp3) is 0.318. The van der Waals surface area contributed by atoms with E-state index in [1.54, 1.807) is 12.1 Å². The van der Waals surface area contributed by atoms with Crippen molar-refractivity contribution >= 4 is 47.2 Å². The maximum Gasteiger partial charge on any atom is 0.162 e. The summed E-state index contributed by atoms with van der Waals surface area (Å²) in [4.78, 5) is 20.3. The SMILES string of the molecule is Cl.Cl.O=C(CCCN1CCN(c2cccc3[nH]ccc23)CC1)c1ccc(F)cc1. The van der Waals surface area contributed by atoms with E-state index in [0.717, 1.165) is 39.1 Å². The minimum Gasteiger partial charge on any atom is -0.368 e. The Balaban J connectivity index is 0.00000150. The molecule has 2 heterocycles. The van der Waals surface area contributed by atoms with Crippen LogP contribution < -0.4 is 4.90 Å². The number of nitrogens with one attached hydrogen (secondary N) is 1. The van der Waals surface area contributed by atoms with Gasteiger partial charge in [0.2, 0.25) is 0 Å². The van der Waals surface area contributed by atoms with Crippen molar-refractivity contribution in [3.63, 3.8) is 0 Å². The number of piperazine rings is 1. The van der Waals surface area contributed by atoms with Crippen LogP contribution in [0.4, 0.5) is 10.1 Å². The van der Waals surface area contributed by atoms with E-state index in [1.807, 2.05) is 6.20 Å². The first-order valence-corrected chi connectivity index (χ1v) is 9.53. The highest BCUT2D eigenvalue weighted by atomic mass is 35.5. The number of hydrogen-bond donors (Lipinski definition) is 1. The summed E-state index contributed by atoms with van der Waals surface area (Å²) in [6.45, 7) is 4.93. The van der Waals surface area contributed by atoms with Crippen LogP contribution in [-0.2, 0) is 0 Å². The van der Waals surface area contributed by atoms with Gasteiger partial charge < -0.3 is 9.88 Å². The zero-order chi connectivity index (χ0) is 18.6. The Labute approximate surface area is 182 Å². The van der Waals surface area contributed by atoms with Crippen LogP contribution in [0.3, 0.4) is 0 Å². The van der Waals surface area contributed by atoms with E-state index in [4.69, 9.17) is 0 Å². The average Bonchev–Trinajstić information content (AvgIpc) is 3.18. The summed E-state index contributed by atoms with van der Waals surface area (Å²) in [6.07, 6.45) is 3.33. The summed E-state index contributed by atoms with van der Waals surface area (Å²) in [5.74, 6) is -0.215. The number of rotatable bonds is 6. The number of carbonyl (C=O) groups excluding carboxylic acids is 1. The minimum absolute atomic E-state index is 0. The van der Waals surface area contributed by atoms with Crippen molar-refractivity contribution in [3.05, 3.63) is 66.1 Å². The Morgan fingerprint density at radius 3 is 2.41 bits per heavy atom. The van der Waals surface area contributed by atoms with Gasteiger partial charge in [-0.05, 0) is 55.4 Å². The molecule has 156 valence electrons. The fourth-order valence-corrected chi connectivity index (χ4v) is 3.80. The molecule has 0 spiro atoms. The summed E-state index contributed by atoms with van der Waals surface area (Å²) in [5.41, 5.74) is 3.06. The van der Waals surface area contributed by atoms with Gasteiger partial charge in [0.05, 0.1) is 0 Å². The molecule has 3 aromatic rings. The number of fused-ring (bicyclic) bond motifs is 1. The summed E-state index contributed by atoms with van der Waals surface area (Å²) >= 11 is 0. The van der Waals surface area contributed by atoms with E-state index in [9.17, 15) is 9.18 Å². The number of H-pyrrole nitrogens is 1. The molecule has 4 nitrogen and oxygen atoms in total.